The molecule has 0 aliphatic heterocycles. The summed E-state index contributed by atoms with van der Waals surface area (Å²) < 4.78 is 32.6. The molecular formula is C15H17IN4O3S. The van der Waals surface area contributed by atoms with Crippen LogP contribution in [-0.2, 0) is 10.0 Å². The molecule has 7 nitrogen and oxygen atoms in total. The Hall–Kier alpha value is -1.62. The first kappa shape index (κ1) is 17.2. The average molecular weight is 460 g/mol. The predicted octanol–water partition coefficient (Wildman–Crippen LogP) is 3.59. The van der Waals surface area contributed by atoms with Crippen molar-refractivity contribution in [3.05, 3.63) is 27.2 Å². The van der Waals surface area contributed by atoms with Crippen molar-refractivity contribution in [1.29, 1.82) is 0 Å². The van der Waals surface area contributed by atoms with Crippen LogP contribution in [-0.4, -0.2) is 28.8 Å². The number of rotatable bonds is 4. The summed E-state index contributed by atoms with van der Waals surface area (Å²) in [7, 11) is -3.45. The number of halogens is 1. The molecule has 1 aromatic carbocycles. The molecule has 0 amide bonds. The van der Waals surface area contributed by atoms with Crippen molar-refractivity contribution in [2.75, 3.05) is 4.72 Å². The highest BCUT2D eigenvalue weighted by Gasteiger charge is 2.19. The summed E-state index contributed by atoms with van der Waals surface area (Å²) in [6, 6.07) is 3.90. The number of sulfonamides is 1. The second kappa shape index (κ2) is 6.03. The molecule has 24 heavy (non-hydrogen) atoms. The summed E-state index contributed by atoms with van der Waals surface area (Å²) in [5.41, 5.74) is 4.16. The number of fused-ring (bicyclic) bond motifs is 1. The van der Waals surface area contributed by atoms with Gasteiger partial charge in [-0.1, -0.05) is 5.16 Å². The van der Waals surface area contributed by atoms with E-state index in [1.54, 1.807) is 13.8 Å². The average Bonchev–Trinajstić information content (AvgIpc) is 3.01. The van der Waals surface area contributed by atoms with Crippen LogP contribution >= 0.6 is 22.6 Å². The number of aryl methyl sites for hydroxylation is 2. The fraction of sp³-hybridized carbons (Fsp3) is 0.333. The highest BCUT2D eigenvalue weighted by atomic mass is 127. The summed E-state index contributed by atoms with van der Waals surface area (Å²) >= 11 is 2.19. The van der Waals surface area contributed by atoms with Gasteiger partial charge >= 0.3 is 0 Å². The Balaban J connectivity index is 2.10. The summed E-state index contributed by atoms with van der Waals surface area (Å²) in [6.07, 6.45) is 0. The first-order valence-corrected chi connectivity index (χ1v) is 9.95. The molecule has 0 unspecified atom stereocenters. The van der Waals surface area contributed by atoms with Gasteiger partial charge in [-0.15, -0.1) is 0 Å². The zero-order chi connectivity index (χ0) is 17.6. The number of hydrogen-bond donors (Lipinski definition) is 2. The summed E-state index contributed by atoms with van der Waals surface area (Å²) in [5.74, 6) is 0.954. The van der Waals surface area contributed by atoms with Crippen LogP contribution in [0.3, 0.4) is 0 Å². The van der Waals surface area contributed by atoms with Crippen LogP contribution in [0.4, 0.5) is 5.95 Å². The van der Waals surface area contributed by atoms with Crippen molar-refractivity contribution in [2.45, 2.75) is 32.9 Å². The molecule has 0 saturated carbocycles. The maximum absolute atomic E-state index is 12.0. The van der Waals surface area contributed by atoms with E-state index in [1.165, 1.54) is 0 Å². The van der Waals surface area contributed by atoms with E-state index >= 15 is 0 Å². The molecule has 0 radical (unpaired) electrons. The van der Waals surface area contributed by atoms with Gasteiger partial charge in [0, 0.05) is 9.13 Å². The Morgan fingerprint density at radius 2 is 2.00 bits per heavy atom. The third-order valence-electron chi connectivity index (χ3n) is 3.72. The number of hydrogen-bond acceptors (Lipinski definition) is 5. The molecule has 0 fully saturated rings. The second-order valence-electron chi connectivity index (χ2n) is 5.83. The number of aromatic amines is 1. The number of benzene rings is 1. The normalized spacial score (nSPS) is 12.2. The quantitative estimate of drug-likeness (QED) is 0.580. The highest BCUT2D eigenvalue weighted by Crippen LogP contribution is 2.32. The van der Waals surface area contributed by atoms with Crippen molar-refractivity contribution < 1.29 is 12.9 Å². The van der Waals surface area contributed by atoms with Gasteiger partial charge in [0.1, 0.15) is 11.3 Å². The molecule has 0 spiro atoms. The Morgan fingerprint density at radius 3 is 2.58 bits per heavy atom. The van der Waals surface area contributed by atoms with Crippen LogP contribution in [0.1, 0.15) is 25.3 Å². The maximum atomic E-state index is 12.0. The van der Waals surface area contributed by atoms with E-state index in [4.69, 9.17) is 4.52 Å². The molecule has 0 bridgehead atoms. The third-order valence-corrected chi connectivity index (χ3v) is 6.26. The molecule has 0 atom stereocenters. The van der Waals surface area contributed by atoms with Gasteiger partial charge in [-0.3, -0.25) is 4.72 Å². The van der Waals surface area contributed by atoms with Crippen molar-refractivity contribution in [1.82, 2.24) is 15.1 Å². The van der Waals surface area contributed by atoms with Gasteiger partial charge in [-0.2, -0.15) is 0 Å². The zero-order valence-corrected chi connectivity index (χ0v) is 16.6. The van der Waals surface area contributed by atoms with E-state index in [-0.39, 0.29) is 5.95 Å². The smallest absolute Gasteiger partial charge is 0.237 e. The minimum absolute atomic E-state index is 0.215. The van der Waals surface area contributed by atoms with Gasteiger partial charge in [0.05, 0.1) is 16.5 Å². The zero-order valence-electron chi connectivity index (χ0n) is 13.6. The predicted molar refractivity (Wildman–Crippen MR) is 101 cm³/mol. The van der Waals surface area contributed by atoms with Crippen molar-refractivity contribution >= 4 is 49.6 Å². The summed E-state index contributed by atoms with van der Waals surface area (Å²) in [6.45, 7) is 6.98. The molecule has 2 N–H and O–H groups in total. The number of aromatic nitrogens is 3. The lowest BCUT2D eigenvalue weighted by Gasteiger charge is -2.07. The number of anilines is 1. The number of nitrogens with zero attached hydrogens (tertiary/aromatic N) is 2. The van der Waals surface area contributed by atoms with Crippen LogP contribution in [0.25, 0.3) is 22.2 Å². The molecule has 2 aromatic heterocycles. The van der Waals surface area contributed by atoms with Gasteiger partial charge in [-0.05, 0) is 68.0 Å². The summed E-state index contributed by atoms with van der Waals surface area (Å²) in [4.78, 5) is 7.39. The van der Waals surface area contributed by atoms with E-state index < -0.39 is 15.3 Å². The van der Waals surface area contributed by atoms with E-state index in [0.29, 0.717) is 5.52 Å². The Labute approximate surface area is 153 Å². The molecule has 3 rings (SSSR count). The minimum Gasteiger partial charge on any atom is -0.361 e. The Morgan fingerprint density at radius 1 is 1.29 bits per heavy atom. The SMILES string of the molecule is Cc1noc(C)c1-c1cc(I)c2nc(NS(=O)(=O)C(C)C)[nH]c2c1. The molecule has 2 heterocycles. The van der Waals surface area contributed by atoms with Gasteiger partial charge in [0.2, 0.25) is 16.0 Å². The van der Waals surface area contributed by atoms with E-state index in [2.05, 4.69) is 42.4 Å². The van der Waals surface area contributed by atoms with Crippen molar-refractivity contribution in [3.63, 3.8) is 0 Å². The highest BCUT2D eigenvalue weighted by molar-refractivity contribution is 14.1. The molecule has 3 aromatic rings. The van der Waals surface area contributed by atoms with Crippen LogP contribution in [0, 0.1) is 17.4 Å². The lowest BCUT2D eigenvalue weighted by molar-refractivity contribution is 0.393. The maximum Gasteiger partial charge on any atom is 0.237 e. The van der Waals surface area contributed by atoms with E-state index in [0.717, 1.165) is 31.7 Å². The molecule has 0 aliphatic rings. The monoisotopic (exact) mass is 460 g/mol. The topological polar surface area (TPSA) is 101 Å². The lowest BCUT2D eigenvalue weighted by Crippen LogP contribution is -2.23. The second-order valence-corrected chi connectivity index (χ2v) is 9.23. The van der Waals surface area contributed by atoms with Crippen molar-refractivity contribution in [2.24, 2.45) is 0 Å². The number of H-pyrrole nitrogens is 1. The van der Waals surface area contributed by atoms with E-state index in [9.17, 15) is 8.42 Å². The molecule has 0 saturated heterocycles. The fourth-order valence-corrected chi connectivity index (χ4v) is 3.76. The third kappa shape index (κ3) is 3.02. The van der Waals surface area contributed by atoms with Gasteiger partial charge in [0.15, 0.2) is 0 Å². The summed E-state index contributed by atoms with van der Waals surface area (Å²) in [5, 5.41) is 3.44. The largest absolute Gasteiger partial charge is 0.361 e. The van der Waals surface area contributed by atoms with Crippen LogP contribution < -0.4 is 4.72 Å². The first-order valence-electron chi connectivity index (χ1n) is 7.33. The van der Waals surface area contributed by atoms with Gasteiger partial charge in [0.25, 0.3) is 0 Å². The molecule has 128 valence electrons. The molecular weight excluding hydrogens is 443 g/mol. The first-order chi connectivity index (χ1) is 11.2. The number of nitrogens with one attached hydrogen (secondary N) is 2. The van der Waals surface area contributed by atoms with Crippen LogP contribution in [0.5, 0.6) is 0 Å². The number of imidazole rings is 1. The standard InChI is InChI=1S/C15H17IN4O3S/c1-7(2)24(21,22)20-15-17-12-6-10(5-11(16)14(12)18-15)13-8(3)19-23-9(13)4/h5-7H,1-4H3,(H2,17,18,20). The fourth-order valence-electron chi connectivity index (χ4n) is 2.42. The van der Waals surface area contributed by atoms with Crippen LogP contribution in [0.2, 0.25) is 0 Å². The molecule has 9 heteroatoms. The Bertz CT molecular complexity index is 1000. The van der Waals surface area contributed by atoms with Crippen molar-refractivity contribution in [3.8, 4) is 11.1 Å². The van der Waals surface area contributed by atoms with E-state index in [1.807, 2.05) is 26.0 Å². The minimum atomic E-state index is -3.45. The van der Waals surface area contributed by atoms with Gasteiger partial charge in [-0.25, -0.2) is 13.4 Å². The van der Waals surface area contributed by atoms with Gasteiger partial charge < -0.3 is 9.51 Å². The molecule has 0 aliphatic carbocycles. The Kier molecular flexibility index (Phi) is 4.32. The lowest BCUT2D eigenvalue weighted by atomic mass is 10.0. The van der Waals surface area contributed by atoms with Crippen LogP contribution in [0.15, 0.2) is 16.7 Å².